The Balaban J connectivity index is 2.57. The lowest BCUT2D eigenvalue weighted by molar-refractivity contribution is -0.00766. The molecule has 0 aliphatic rings. The van der Waals surface area contributed by atoms with Crippen LogP contribution < -0.4 is 5.73 Å². The fourth-order valence-electron chi connectivity index (χ4n) is 1.85. The van der Waals surface area contributed by atoms with Gasteiger partial charge in [-0.1, -0.05) is 37.6 Å². The molecule has 2 N–H and O–H groups in total. The van der Waals surface area contributed by atoms with Crippen LogP contribution in [0.25, 0.3) is 0 Å². The lowest BCUT2D eigenvalue weighted by Gasteiger charge is -2.24. The zero-order valence-corrected chi connectivity index (χ0v) is 12.5. The molecule has 19 heavy (non-hydrogen) atoms. The van der Waals surface area contributed by atoms with E-state index in [1.54, 1.807) is 0 Å². The van der Waals surface area contributed by atoms with Gasteiger partial charge in [-0.05, 0) is 30.5 Å². The Morgan fingerprint density at radius 1 is 1.21 bits per heavy atom. The standard InChI is InChI=1S/C15H24ClNO2/c1-3-8-18-9-10-19-15(14(17)4-2)12-6-5-7-13(16)11-12/h5-7,11,14-15H,3-4,8-10,17H2,1-2H3. The molecule has 1 aromatic carbocycles. The fourth-order valence-corrected chi connectivity index (χ4v) is 2.04. The van der Waals surface area contributed by atoms with Crippen LogP contribution in [0.15, 0.2) is 24.3 Å². The summed E-state index contributed by atoms with van der Waals surface area (Å²) in [6, 6.07) is 7.64. The molecule has 0 fully saturated rings. The molecule has 0 amide bonds. The first-order chi connectivity index (χ1) is 9.19. The number of halogens is 1. The van der Waals surface area contributed by atoms with Crippen LogP contribution >= 0.6 is 11.6 Å². The van der Waals surface area contributed by atoms with Gasteiger partial charge in [0.05, 0.1) is 19.3 Å². The minimum Gasteiger partial charge on any atom is -0.379 e. The number of benzene rings is 1. The molecule has 0 saturated heterocycles. The van der Waals surface area contributed by atoms with Crippen molar-refractivity contribution in [3.8, 4) is 0 Å². The van der Waals surface area contributed by atoms with Crippen molar-refractivity contribution >= 4 is 11.6 Å². The van der Waals surface area contributed by atoms with Crippen molar-refractivity contribution in [1.82, 2.24) is 0 Å². The maximum atomic E-state index is 6.13. The summed E-state index contributed by atoms with van der Waals surface area (Å²) in [5.74, 6) is 0. The molecule has 0 aromatic heterocycles. The summed E-state index contributed by atoms with van der Waals surface area (Å²) in [4.78, 5) is 0. The van der Waals surface area contributed by atoms with Crippen molar-refractivity contribution < 1.29 is 9.47 Å². The molecule has 0 heterocycles. The Hall–Kier alpha value is -0.610. The largest absolute Gasteiger partial charge is 0.379 e. The summed E-state index contributed by atoms with van der Waals surface area (Å²) in [5.41, 5.74) is 7.16. The first kappa shape index (κ1) is 16.4. The van der Waals surface area contributed by atoms with Crippen LogP contribution in [0.3, 0.4) is 0 Å². The predicted octanol–water partition coefficient (Wildman–Crippen LogP) is 3.56. The summed E-state index contributed by atoms with van der Waals surface area (Å²) in [6.07, 6.45) is 1.74. The van der Waals surface area contributed by atoms with E-state index in [0.717, 1.165) is 25.0 Å². The van der Waals surface area contributed by atoms with E-state index in [4.69, 9.17) is 26.8 Å². The number of ether oxygens (including phenoxy) is 2. The Morgan fingerprint density at radius 2 is 2.00 bits per heavy atom. The maximum absolute atomic E-state index is 6.13. The minimum absolute atomic E-state index is 0.0374. The molecule has 108 valence electrons. The summed E-state index contributed by atoms with van der Waals surface area (Å²) < 4.78 is 11.3. The monoisotopic (exact) mass is 285 g/mol. The van der Waals surface area contributed by atoms with E-state index in [9.17, 15) is 0 Å². The third kappa shape index (κ3) is 5.91. The second-order valence-electron chi connectivity index (χ2n) is 4.53. The quantitative estimate of drug-likeness (QED) is 0.706. The normalized spacial score (nSPS) is 14.3. The average Bonchev–Trinajstić information content (AvgIpc) is 2.42. The molecular formula is C15H24ClNO2. The second-order valence-corrected chi connectivity index (χ2v) is 4.97. The van der Waals surface area contributed by atoms with Gasteiger partial charge in [0, 0.05) is 17.7 Å². The molecule has 0 radical (unpaired) electrons. The van der Waals surface area contributed by atoms with Crippen molar-refractivity contribution in [2.75, 3.05) is 19.8 Å². The van der Waals surface area contributed by atoms with E-state index in [-0.39, 0.29) is 12.1 Å². The lowest BCUT2D eigenvalue weighted by Crippen LogP contribution is -2.30. The van der Waals surface area contributed by atoms with Crippen LogP contribution in [0, 0.1) is 0 Å². The van der Waals surface area contributed by atoms with Crippen molar-refractivity contribution in [2.45, 2.75) is 38.8 Å². The molecule has 0 aliphatic carbocycles. The summed E-state index contributed by atoms with van der Waals surface area (Å²) in [5, 5.41) is 0.705. The summed E-state index contributed by atoms with van der Waals surface area (Å²) >= 11 is 6.02. The van der Waals surface area contributed by atoms with Gasteiger partial charge in [0.25, 0.3) is 0 Å². The molecule has 0 saturated carbocycles. The van der Waals surface area contributed by atoms with Crippen molar-refractivity contribution in [1.29, 1.82) is 0 Å². The van der Waals surface area contributed by atoms with Crippen LogP contribution in [0.2, 0.25) is 5.02 Å². The van der Waals surface area contributed by atoms with Gasteiger partial charge in [0.15, 0.2) is 0 Å². The van der Waals surface area contributed by atoms with Gasteiger partial charge in [-0.15, -0.1) is 0 Å². The van der Waals surface area contributed by atoms with Gasteiger partial charge in [-0.3, -0.25) is 0 Å². The molecule has 0 spiro atoms. The smallest absolute Gasteiger partial charge is 0.0977 e. The highest BCUT2D eigenvalue weighted by Gasteiger charge is 2.19. The molecule has 1 aromatic rings. The lowest BCUT2D eigenvalue weighted by atomic mass is 10.0. The molecule has 2 atom stereocenters. The summed E-state index contributed by atoms with van der Waals surface area (Å²) in [6.45, 7) is 6.05. The molecule has 2 unspecified atom stereocenters. The SMILES string of the molecule is CCCOCCOC(c1cccc(Cl)c1)C(N)CC. The van der Waals surface area contributed by atoms with Gasteiger partial charge in [0.1, 0.15) is 0 Å². The first-order valence-electron chi connectivity index (χ1n) is 6.89. The van der Waals surface area contributed by atoms with Crippen LogP contribution in [-0.4, -0.2) is 25.9 Å². The minimum atomic E-state index is -0.131. The highest BCUT2D eigenvalue weighted by atomic mass is 35.5. The topological polar surface area (TPSA) is 44.5 Å². The Kier molecular flexibility index (Phi) is 8.07. The van der Waals surface area contributed by atoms with Crippen molar-refractivity contribution in [3.05, 3.63) is 34.9 Å². The van der Waals surface area contributed by atoms with Gasteiger partial charge in [-0.25, -0.2) is 0 Å². The molecule has 0 bridgehead atoms. The van der Waals surface area contributed by atoms with Crippen molar-refractivity contribution in [2.24, 2.45) is 5.73 Å². The number of hydrogen-bond donors (Lipinski definition) is 1. The molecule has 3 nitrogen and oxygen atoms in total. The second kappa shape index (κ2) is 9.32. The van der Waals surface area contributed by atoms with E-state index in [0.29, 0.717) is 18.2 Å². The van der Waals surface area contributed by atoms with Crippen LogP contribution in [-0.2, 0) is 9.47 Å². The predicted molar refractivity (Wildman–Crippen MR) is 79.5 cm³/mol. The van der Waals surface area contributed by atoms with Crippen LogP contribution in [0.4, 0.5) is 0 Å². The van der Waals surface area contributed by atoms with E-state index in [1.165, 1.54) is 0 Å². The van der Waals surface area contributed by atoms with Gasteiger partial charge in [0.2, 0.25) is 0 Å². The Morgan fingerprint density at radius 3 is 2.63 bits per heavy atom. The number of rotatable bonds is 9. The van der Waals surface area contributed by atoms with Crippen LogP contribution in [0.1, 0.15) is 38.4 Å². The molecule has 4 heteroatoms. The van der Waals surface area contributed by atoms with E-state index in [1.807, 2.05) is 24.3 Å². The van der Waals surface area contributed by atoms with E-state index in [2.05, 4.69) is 13.8 Å². The number of nitrogens with two attached hydrogens (primary N) is 1. The van der Waals surface area contributed by atoms with E-state index < -0.39 is 0 Å². The maximum Gasteiger partial charge on any atom is 0.0977 e. The fraction of sp³-hybridized carbons (Fsp3) is 0.600. The van der Waals surface area contributed by atoms with Gasteiger partial charge in [-0.2, -0.15) is 0 Å². The zero-order valence-electron chi connectivity index (χ0n) is 11.8. The molecule has 1 rings (SSSR count). The summed E-state index contributed by atoms with van der Waals surface area (Å²) in [7, 11) is 0. The molecule has 0 aliphatic heterocycles. The van der Waals surface area contributed by atoms with Gasteiger partial charge < -0.3 is 15.2 Å². The Bertz CT molecular complexity index is 360. The third-order valence-electron chi connectivity index (χ3n) is 2.91. The Labute approximate surface area is 121 Å². The molecular weight excluding hydrogens is 262 g/mol. The van der Waals surface area contributed by atoms with E-state index >= 15 is 0 Å². The number of hydrogen-bond acceptors (Lipinski definition) is 3. The van der Waals surface area contributed by atoms with Crippen molar-refractivity contribution in [3.63, 3.8) is 0 Å². The first-order valence-corrected chi connectivity index (χ1v) is 7.27. The highest BCUT2D eigenvalue weighted by molar-refractivity contribution is 6.30. The van der Waals surface area contributed by atoms with Crippen LogP contribution in [0.5, 0.6) is 0 Å². The third-order valence-corrected chi connectivity index (χ3v) is 3.15. The van der Waals surface area contributed by atoms with Gasteiger partial charge >= 0.3 is 0 Å². The average molecular weight is 286 g/mol. The highest BCUT2D eigenvalue weighted by Crippen LogP contribution is 2.24. The zero-order chi connectivity index (χ0) is 14.1.